The molecule has 1 amide bonds. The second-order valence-corrected chi connectivity index (χ2v) is 7.64. The molecule has 1 saturated heterocycles. The van der Waals surface area contributed by atoms with Crippen molar-refractivity contribution >= 4 is 18.3 Å². The van der Waals surface area contributed by atoms with Crippen molar-refractivity contribution in [2.75, 3.05) is 26.2 Å². The number of halogens is 1. The zero-order chi connectivity index (χ0) is 16.4. The molecule has 0 aliphatic carbocycles. The lowest BCUT2D eigenvalue weighted by Gasteiger charge is -2.22. The van der Waals surface area contributed by atoms with E-state index in [-0.39, 0.29) is 35.8 Å². The van der Waals surface area contributed by atoms with Gasteiger partial charge < -0.3 is 15.4 Å². The maximum Gasteiger partial charge on any atom is 0.260 e. The topological polar surface area (TPSA) is 55.6 Å². The summed E-state index contributed by atoms with van der Waals surface area (Å²) in [5, 5.41) is 0. The number of rotatable bonds is 4. The highest BCUT2D eigenvalue weighted by atomic mass is 35.5. The van der Waals surface area contributed by atoms with Gasteiger partial charge in [-0.15, -0.1) is 12.4 Å². The molecule has 1 unspecified atom stereocenters. The fraction of sp³-hybridized carbons (Fsp3) is 0.611. The molecule has 130 valence electrons. The van der Waals surface area contributed by atoms with E-state index in [0.29, 0.717) is 6.54 Å². The van der Waals surface area contributed by atoms with Crippen molar-refractivity contribution in [3.05, 3.63) is 29.8 Å². The molecule has 23 heavy (non-hydrogen) atoms. The summed E-state index contributed by atoms with van der Waals surface area (Å²) < 4.78 is 5.63. The van der Waals surface area contributed by atoms with E-state index in [1.54, 1.807) is 0 Å². The van der Waals surface area contributed by atoms with Crippen LogP contribution in [-0.2, 0) is 10.2 Å². The van der Waals surface area contributed by atoms with Crippen LogP contribution >= 0.6 is 12.4 Å². The van der Waals surface area contributed by atoms with Crippen molar-refractivity contribution in [2.24, 2.45) is 11.1 Å². The monoisotopic (exact) mass is 340 g/mol. The van der Waals surface area contributed by atoms with Crippen molar-refractivity contribution in [3.63, 3.8) is 0 Å². The maximum atomic E-state index is 12.2. The molecule has 1 atom stereocenters. The minimum atomic E-state index is 0. The van der Waals surface area contributed by atoms with Gasteiger partial charge in [0.1, 0.15) is 5.75 Å². The summed E-state index contributed by atoms with van der Waals surface area (Å²) in [6.45, 7) is 10.9. The smallest absolute Gasteiger partial charge is 0.260 e. The van der Waals surface area contributed by atoms with Crippen LogP contribution in [0.4, 0.5) is 0 Å². The average molecular weight is 341 g/mol. The standard InChI is InChI=1S/C18H28N2O2.ClH/c1-17(2,3)14-5-7-15(8-6-14)22-11-16(21)20-10-9-18(4,12-19)13-20;/h5-8H,9-13,19H2,1-4H3;1H. The first-order chi connectivity index (χ1) is 10.2. The number of nitrogens with two attached hydrogens (primary N) is 1. The number of hydrogen-bond acceptors (Lipinski definition) is 3. The van der Waals surface area contributed by atoms with Gasteiger partial charge in [-0.2, -0.15) is 0 Å². The second kappa shape index (κ2) is 7.54. The third-order valence-corrected chi connectivity index (χ3v) is 4.49. The van der Waals surface area contributed by atoms with Crippen molar-refractivity contribution in [3.8, 4) is 5.75 Å². The zero-order valence-corrected chi connectivity index (χ0v) is 15.4. The predicted molar refractivity (Wildman–Crippen MR) is 96.2 cm³/mol. The number of ether oxygens (including phenoxy) is 1. The van der Waals surface area contributed by atoms with Gasteiger partial charge in [0.2, 0.25) is 0 Å². The number of carbonyl (C=O) groups is 1. The fourth-order valence-electron chi connectivity index (χ4n) is 2.69. The Balaban J connectivity index is 0.00000264. The Labute approximate surface area is 145 Å². The van der Waals surface area contributed by atoms with Gasteiger partial charge in [0, 0.05) is 13.1 Å². The molecule has 1 aromatic carbocycles. The molecule has 0 spiro atoms. The van der Waals surface area contributed by atoms with Gasteiger partial charge in [0.05, 0.1) is 0 Å². The van der Waals surface area contributed by atoms with Gasteiger partial charge in [-0.05, 0) is 41.5 Å². The second-order valence-electron chi connectivity index (χ2n) is 7.64. The first-order valence-corrected chi connectivity index (χ1v) is 7.95. The lowest BCUT2D eigenvalue weighted by molar-refractivity contribution is -0.132. The third-order valence-electron chi connectivity index (χ3n) is 4.49. The lowest BCUT2D eigenvalue weighted by atomic mass is 9.87. The minimum Gasteiger partial charge on any atom is -0.484 e. The highest BCUT2D eigenvalue weighted by Crippen LogP contribution is 2.28. The molecule has 1 aliphatic heterocycles. The molecule has 0 saturated carbocycles. The average Bonchev–Trinajstić information content (AvgIpc) is 2.88. The number of amides is 1. The van der Waals surface area contributed by atoms with E-state index in [1.165, 1.54) is 5.56 Å². The van der Waals surface area contributed by atoms with Crippen molar-refractivity contribution in [1.29, 1.82) is 0 Å². The van der Waals surface area contributed by atoms with E-state index < -0.39 is 0 Å². The van der Waals surface area contributed by atoms with Crippen LogP contribution in [0.2, 0.25) is 0 Å². The Morgan fingerprint density at radius 3 is 2.39 bits per heavy atom. The number of carbonyl (C=O) groups excluding carboxylic acids is 1. The van der Waals surface area contributed by atoms with Gasteiger partial charge in [-0.1, -0.05) is 39.8 Å². The van der Waals surface area contributed by atoms with Crippen LogP contribution in [0.25, 0.3) is 0 Å². The Bertz CT molecular complexity index is 525. The van der Waals surface area contributed by atoms with Gasteiger partial charge in [-0.25, -0.2) is 0 Å². The normalized spacial score (nSPS) is 21.0. The Morgan fingerprint density at radius 1 is 1.30 bits per heavy atom. The Kier molecular flexibility index (Phi) is 6.49. The van der Waals surface area contributed by atoms with Crippen LogP contribution < -0.4 is 10.5 Å². The summed E-state index contributed by atoms with van der Waals surface area (Å²) in [4.78, 5) is 14.1. The number of benzene rings is 1. The van der Waals surface area contributed by atoms with Gasteiger partial charge >= 0.3 is 0 Å². The molecular weight excluding hydrogens is 312 g/mol. The molecule has 1 aromatic rings. The summed E-state index contributed by atoms with van der Waals surface area (Å²) in [6, 6.07) is 7.98. The van der Waals surface area contributed by atoms with Crippen molar-refractivity contribution < 1.29 is 9.53 Å². The minimum absolute atomic E-state index is 0. The molecule has 1 heterocycles. The summed E-state index contributed by atoms with van der Waals surface area (Å²) in [5.74, 6) is 0.777. The third kappa shape index (κ3) is 5.11. The van der Waals surface area contributed by atoms with Crippen LogP contribution in [0, 0.1) is 5.41 Å². The maximum absolute atomic E-state index is 12.2. The van der Waals surface area contributed by atoms with E-state index in [2.05, 4.69) is 39.8 Å². The molecule has 2 rings (SSSR count). The van der Waals surface area contributed by atoms with Crippen LogP contribution in [-0.4, -0.2) is 37.0 Å². The van der Waals surface area contributed by atoms with Crippen LogP contribution in [0.1, 0.15) is 39.7 Å². The highest BCUT2D eigenvalue weighted by molar-refractivity contribution is 5.85. The molecule has 4 nitrogen and oxygen atoms in total. The quantitative estimate of drug-likeness (QED) is 0.916. The van der Waals surface area contributed by atoms with Gasteiger partial charge in [0.15, 0.2) is 6.61 Å². The summed E-state index contributed by atoms with van der Waals surface area (Å²) in [7, 11) is 0. The van der Waals surface area contributed by atoms with E-state index in [4.69, 9.17) is 10.5 Å². The van der Waals surface area contributed by atoms with E-state index in [0.717, 1.165) is 25.3 Å². The predicted octanol–water partition coefficient (Wildman–Crippen LogP) is 2.98. The van der Waals surface area contributed by atoms with Gasteiger partial charge in [-0.3, -0.25) is 4.79 Å². The summed E-state index contributed by atoms with van der Waals surface area (Å²) in [5.41, 5.74) is 7.21. The zero-order valence-electron chi connectivity index (χ0n) is 14.6. The largest absolute Gasteiger partial charge is 0.484 e. The Morgan fingerprint density at radius 2 is 1.91 bits per heavy atom. The molecule has 2 N–H and O–H groups in total. The summed E-state index contributed by atoms with van der Waals surface area (Å²) in [6.07, 6.45) is 0.968. The van der Waals surface area contributed by atoms with Crippen LogP contribution in [0.5, 0.6) is 5.75 Å². The van der Waals surface area contributed by atoms with E-state index in [9.17, 15) is 4.79 Å². The lowest BCUT2D eigenvalue weighted by Crippen LogP contribution is -2.36. The number of hydrogen-bond donors (Lipinski definition) is 1. The Hall–Kier alpha value is -1.26. The van der Waals surface area contributed by atoms with E-state index in [1.807, 2.05) is 17.0 Å². The molecule has 0 bridgehead atoms. The molecule has 0 radical (unpaired) electrons. The molecular formula is C18H29ClN2O2. The van der Waals surface area contributed by atoms with Crippen LogP contribution in [0.15, 0.2) is 24.3 Å². The first kappa shape index (κ1) is 19.8. The van der Waals surface area contributed by atoms with Crippen molar-refractivity contribution in [2.45, 2.75) is 39.5 Å². The molecule has 5 heteroatoms. The van der Waals surface area contributed by atoms with Crippen LogP contribution in [0.3, 0.4) is 0 Å². The first-order valence-electron chi connectivity index (χ1n) is 7.95. The molecule has 1 fully saturated rings. The SMILES string of the molecule is CC1(CN)CCN(C(=O)COc2ccc(C(C)(C)C)cc2)C1.Cl. The van der Waals surface area contributed by atoms with E-state index >= 15 is 0 Å². The number of nitrogens with zero attached hydrogens (tertiary/aromatic N) is 1. The molecule has 0 aromatic heterocycles. The van der Waals surface area contributed by atoms with Crippen molar-refractivity contribution in [1.82, 2.24) is 4.90 Å². The number of likely N-dealkylation sites (tertiary alicyclic amines) is 1. The fourth-order valence-corrected chi connectivity index (χ4v) is 2.69. The molecule has 1 aliphatic rings. The highest BCUT2D eigenvalue weighted by Gasteiger charge is 2.34. The van der Waals surface area contributed by atoms with Gasteiger partial charge in [0.25, 0.3) is 5.91 Å². The summed E-state index contributed by atoms with van der Waals surface area (Å²) >= 11 is 0.